The number of nitrogens with zero attached hydrogens (tertiary/aromatic N) is 1. The van der Waals surface area contributed by atoms with E-state index in [2.05, 4.69) is 0 Å². The molecule has 1 aliphatic heterocycles. The highest BCUT2D eigenvalue weighted by Crippen LogP contribution is 2.31. The second kappa shape index (κ2) is 6.10. The van der Waals surface area contributed by atoms with Crippen molar-refractivity contribution in [3.8, 4) is 10.4 Å². The molecule has 6 heteroatoms. The van der Waals surface area contributed by atoms with Gasteiger partial charge in [-0.1, -0.05) is 23.7 Å². The summed E-state index contributed by atoms with van der Waals surface area (Å²) in [4.78, 5) is 26.7. The summed E-state index contributed by atoms with van der Waals surface area (Å²) in [6, 6.07) is 10.4. The van der Waals surface area contributed by atoms with Gasteiger partial charge in [0, 0.05) is 16.4 Å². The van der Waals surface area contributed by atoms with E-state index in [9.17, 15) is 14.7 Å². The van der Waals surface area contributed by atoms with E-state index in [0.29, 0.717) is 22.9 Å². The summed E-state index contributed by atoms with van der Waals surface area (Å²) in [7, 11) is 0. The molecule has 114 valence electrons. The Morgan fingerprint density at radius 1 is 1.18 bits per heavy atom. The van der Waals surface area contributed by atoms with Crippen molar-refractivity contribution in [2.24, 2.45) is 0 Å². The molecule has 1 saturated heterocycles. The van der Waals surface area contributed by atoms with E-state index in [1.54, 1.807) is 18.2 Å². The third-order valence-electron chi connectivity index (χ3n) is 3.74. The standard InChI is InChI=1S/C16H14ClNO3S/c17-11-5-3-10(4-6-11)13-7-8-14(22-13)15(19)18-9-1-2-12(18)16(20)21/h3-8,12H,1-2,9H2,(H,20,21)/t12-/m1/s1. The number of likely N-dealkylation sites (tertiary alicyclic amines) is 1. The number of carboxylic acids is 1. The minimum atomic E-state index is -0.930. The highest BCUT2D eigenvalue weighted by Gasteiger charge is 2.34. The fraction of sp³-hybridized carbons (Fsp3) is 0.250. The molecule has 22 heavy (non-hydrogen) atoms. The van der Waals surface area contributed by atoms with Gasteiger partial charge >= 0.3 is 5.97 Å². The first-order valence-electron chi connectivity index (χ1n) is 6.96. The Hall–Kier alpha value is -1.85. The summed E-state index contributed by atoms with van der Waals surface area (Å²) in [6.07, 6.45) is 1.26. The van der Waals surface area contributed by atoms with Crippen molar-refractivity contribution in [1.82, 2.24) is 4.90 Å². The lowest BCUT2D eigenvalue weighted by Crippen LogP contribution is -2.40. The summed E-state index contributed by atoms with van der Waals surface area (Å²) in [5.41, 5.74) is 0.990. The third-order valence-corrected chi connectivity index (χ3v) is 5.12. The topological polar surface area (TPSA) is 57.6 Å². The largest absolute Gasteiger partial charge is 0.480 e. The lowest BCUT2D eigenvalue weighted by atomic mass is 10.2. The molecule has 1 amide bonds. The van der Waals surface area contributed by atoms with E-state index in [0.717, 1.165) is 16.9 Å². The average molecular weight is 336 g/mol. The predicted octanol–water partition coefficient (Wildman–Crippen LogP) is 3.76. The van der Waals surface area contributed by atoms with Gasteiger partial charge in [-0.15, -0.1) is 11.3 Å². The minimum absolute atomic E-state index is 0.199. The maximum absolute atomic E-state index is 12.5. The van der Waals surface area contributed by atoms with Gasteiger partial charge in [-0.3, -0.25) is 4.79 Å². The fourth-order valence-electron chi connectivity index (χ4n) is 2.63. The molecule has 0 spiro atoms. The Labute approximate surface area is 136 Å². The van der Waals surface area contributed by atoms with E-state index >= 15 is 0 Å². The molecule has 0 saturated carbocycles. The van der Waals surface area contributed by atoms with Crippen LogP contribution in [0.2, 0.25) is 5.02 Å². The summed E-state index contributed by atoms with van der Waals surface area (Å²) in [6.45, 7) is 0.504. The van der Waals surface area contributed by atoms with Gasteiger partial charge < -0.3 is 10.0 Å². The quantitative estimate of drug-likeness (QED) is 0.929. The lowest BCUT2D eigenvalue weighted by Gasteiger charge is -2.20. The number of carboxylic acid groups (broad SMARTS) is 1. The third kappa shape index (κ3) is 2.87. The predicted molar refractivity (Wildman–Crippen MR) is 86.5 cm³/mol. The summed E-state index contributed by atoms with van der Waals surface area (Å²) >= 11 is 7.25. The Bertz CT molecular complexity index is 710. The van der Waals surface area contributed by atoms with Crippen LogP contribution in [0.4, 0.5) is 0 Å². The van der Waals surface area contributed by atoms with Crippen molar-refractivity contribution in [3.63, 3.8) is 0 Å². The number of hydrogen-bond donors (Lipinski definition) is 1. The van der Waals surface area contributed by atoms with Crippen molar-refractivity contribution in [2.45, 2.75) is 18.9 Å². The first-order valence-corrected chi connectivity index (χ1v) is 8.15. The number of aliphatic carboxylic acids is 1. The molecule has 0 aliphatic carbocycles. The monoisotopic (exact) mass is 335 g/mol. The van der Waals surface area contributed by atoms with Crippen LogP contribution >= 0.6 is 22.9 Å². The first kappa shape index (κ1) is 15.1. The van der Waals surface area contributed by atoms with Crippen LogP contribution in [0.15, 0.2) is 36.4 Å². The normalized spacial score (nSPS) is 17.7. The first-order chi connectivity index (χ1) is 10.6. The summed E-state index contributed by atoms with van der Waals surface area (Å²) in [5, 5.41) is 9.85. The number of hydrogen-bond acceptors (Lipinski definition) is 3. The smallest absolute Gasteiger partial charge is 0.326 e. The van der Waals surface area contributed by atoms with Crippen molar-refractivity contribution in [3.05, 3.63) is 46.3 Å². The Morgan fingerprint density at radius 2 is 1.91 bits per heavy atom. The second-order valence-corrected chi connectivity index (χ2v) is 6.69. The molecule has 0 radical (unpaired) electrons. The van der Waals surface area contributed by atoms with E-state index in [4.69, 9.17) is 11.6 Å². The van der Waals surface area contributed by atoms with Gasteiger partial charge in [0.2, 0.25) is 0 Å². The van der Waals surface area contributed by atoms with E-state index in [-0.39, 0.29) is 5.91 Å². The molecule has 4 nitrogen and oxygen atoms in total. The highest BCUT2D eigenvalue weighted by atomic mass is 35.5. The average Bonchev–Trinajstić information content (AvgIpc) is 3.17. The zero-order valence-corrected chi connectivity index (χ0v) is 13.2. The minimum Gasteiger partial charge on any atom is -0.480 e. The van der Waals surface area contributed by atoms with Gasteiger partial charge in [-0.2, -0.15) is 0 Å². The number of rotatable bonds is 3. The molecule has 1 fully saturated rings. The molecular formula is C16H14ClNO3S. The molecule has 0 bridgehead atoms. The fourth-order valence-corrected chi connectivity index (χ4v) is 3.72. The van der Waals surface area contributed by atoms with Gasteiger partial charge in [-0.05, 0) is 42.7 Å². The van der Waals surface area contributed by atoms with E-state index < -0.39 is 12.0 Å². The molecule has 1 aromatic heterocycles. The van der Waals surface area contributed by atoms with Gasteiger partial charge in [-0.25, -0.2) is 4.79 Å². The van der Waals surface area contributed by atoms with Crippen molar-refractivity contribution >= 4 is 34.8 Å². The zero-order valence-electron chi connectivity index (χ0n) is 11.7. The molecule has 0 unspecified atom stereocenters. The van der Waals surface area contributed by atoms with Crippen LogP contribution in [0.25, 0.3) is 10.4 Å². The van der Waals surface area contributed by atoms with Crippen molar-refractivity contribution in [1.29, 1.82) is 0 Å². The van der Waals surface area contributed by atoms with Gasteiger partial charge in [0.05, 0.1) is 4.88 Å². The van der Waals surface area contributed by atoms with Gasteiger partial charge in [0.1, 0.15) is 6.04 Å². The number of benzene rings is 1. The molecular weight excluding hydrogens is 322 g/mol. The van der Waals surface area contributed by atoms with Crippen LogP contribution in [-0.2, 0) is 4.79 Å². The van der Waals surface area contributed by atoms with Gasteiger partial charge in [0.15, 0.2) is 0 Å². The van der Waals surface area contributed by atoms with E-state index in [1.165, 1.54) is 16.2 Å². The Balaban J connectivity index is 1.82. The number of carbonyl (C=O) groups excluding carboxylic acids is 1. The number of amides is 1. The van der Waals surface area contributed by atoms with Crippen LogP contribution in [-0.4, -0.2) is 34.5 Å². The summed E-state index contributed by atoms with van der Waals surface area (Å²) in [5.74, 6) is -1.13. The SMILES string of the molecule is O=C(O)[C@H]1CCCN1C(=O)c1ccc(-c2ccc(Cl)cc2)s1. The Kier molecular flexibility index (Phi) is 4.18. The molecule has 1 N–H and O–H groups in total. The van der Waals surface area contributed by atoms with Crippen LogP contribution < -0.4 is 0 Å². The molecule has 2 aromatic rings. The maximum Gasteiger partial charge on any atom is 0.326 e. The van der Waals surface area contributed by atoms with Crippen LogP contribution in [0, 0.1) is 0 Å². The maximum atomic E-state index is 12.5. The Morgan fingerprint density at radius 3 is 2.59 bits per heavy atom. The summed E-state index contributed by atoms with van der Waals surface area (Å²) < 4.78 is 0. The number of thiophene rings is 1. The van der Waals surface area contributed by atoms with Crippen molar-refractivity contribution < 1.29 is 14.7 Å². The van der Waals surface area contributed by atoms with Crippen LogP contribution in [0.5, 0.6) is 0 Å². The van der Waals surface area contributed by atoms with Crippen LogP contribution in [0.1, 0.15) is 22.5 Å². The highest BCUT2D eigenvalue weighted by molar-refractivity contribution is 7.17. The molecule has 1 aliphatic rings. The molecule has 1 atom stereocenters. The zero-order chi connectivity index (χ0) is 15.7. The molecule has 3 rings (SSSR count). The second-order valence-electron chi connectivity index (χ2n) is 5.17. The van der Waals surface area contributed by atoms with Crippen molar-refractivity contribution in [2.75, 3.05) is 6.54 Å². The molecule has 1 aromatic carbocycles. The number of halogens is 1. The van der Waals surface area contributed by atoms with Gasteiger partial charge in [0.25, 0.3) is 5.91 Å². The molecule has 2 heterocycles. The van der Waals surface area contributed by atoms with E-state index in [1.807, 2.05) is 18.2 Å². The number of carbonyl (C=O) groups is 2. The van der Waals surface area contributed by atoms with Crippen LogP contribution in [0.3, 0.4) is 0 Å². The lowest BCUT2D eigenvalue weighted by molar-refractivity contribution is -0.141.